The highest BCUT2D eigenvalue weighted by Gasteiger charge is 2.10. The highest BCUT2D eigenvalue weighted by Crippen LogP contribution is 2.30. The van der Waals surface area contributed by atoms with Gasteiger partial charge in [-0.25, -0.2) is 4.98 Å². The summed E-state index contributed by atoms with van der Waals surface area (Å²) in [7, 11) is 3.23. The maximum absolute atomic E-state index is 10.2. The van der Waals surface area contributed by atoms with Gasteiger partial charge in [0.15, 0.2) is 11.5 Å². The minimum atomic E-state index is -0.665. The maximum Gasteiger partial charge on any atom is 0.160 e. The van der Waals surface area contributed by atoms with Crippen molar-refractivity contribution in [2.45, 2.75) is 12.5 Å². The van der Waals surface area contributed by atoms with E-state index in [2.05, 4.69) is 31.2 Å². The molecular formula is C22H25BrClN3O4. The zero-order chi connectivity index (χ0) is 22.2. The largest absolute Gasteiger partial charge is 0.493 e. The van der Waals surface area contributed by atoms with Crippen molar-refractivity contribution >= 4 is 27.5 Å². The third-order valence-electron chi connectivity index (χ3n) is 4.60. The Bertz CT molecular complexity index is 999. The van der Waals surface area contributed by atoms with Gasteiger partial charge in [0.1, 0.15) is 28.9 Å². The minimum absolute atomic E-state index is 0.134. The van der Waals surface area contributed by atoms with E-state index in [1.807, 2.05) is 24.3 Å². The zero-order valence-electron chi connectivity index (χ0n) is 17.3. The molecule has 9 heteroatoms. The Morgan fingerprint density at radius 3 is 2.58 bits per heavy atom. The van der Waals surface area contributed by atoms with Crippen LogP contribution in [0.25, 0.3) is 11.4 Å². The minimum Gasteiger partial charge on any atom is -0.493 e. The molecule has 1 aromatic heterocycles. The predicted octanol–water partition coefficient (Wildman–Crippen LogP) is 4.08. The Morgan fingerprint density at radius 1 is 1.13 bits per heavy atom. The van der Waals surface area contributed by atoms with Crippen LogP contribution in [0.3, 0.4) is 0 Å². The molecule has 3 aromatic rings. The molecule has 7 nitrogen and oxygen atoms in total. The molecule has 3 rings (SSSR count). The van der Waals surface area contributed by atoms with Gasteiger partial charge >= 0.3 is 0 Å². The quantitative estimate of drug-likeness (QED) is 0.337. The van der Waals surface area contributed by atoms with Gasteiger partial charge in [-0.3, -0.25) is 0 Å². The van der Waals surface area contributed by atoms with Crippen LogP contribution in [0.2, 0.25) is 5.02 Å². The number of H-pyrrole nitrogens is 1. The van der Waals surface area contributed by atoms with Crippen molar-refractivity contribution in [3.05, 3.63) is 57.8 Å². The van der Waals surface area contributed by atoms with Crippen molar-refractivity contribution in [3.63, 3.8) is 0 Å². The van der Waals surface area contributed by atoms with Gasteiger partial charge < -0.3 is 29.6 Å². The van der Waals surface area contributed by atoms with Crippen LogP contribution >= 0.6 is 27.5 Å². The summed E-state index contributed by atoms with van der Waals surface area (Å²) in [6, 6.07) is 11.2. The summed E-state index contributed by atoms with van der Waals surface area (Å²) in [5.74, 6) is 2.63. The van der Waals surface area contributed by atoms with E-state index in [0.29, 0.717) is 41.2 Å². The summed E-state index contributed by atoms with van der Waals surface area (Å²) in [5.41, 5.74) is 1.96. The lowest BCUT2D eigenvalue weighted by Gasteiger charge is -2.15. The Hall–Kier alpha value is -2.26. The first-order chi connectivity index (χ1) is 15.0. The van der Waals surface area contributed by atoms with Crippen molar-refractivity contribution in [2.75, 3.05) is 33.9 Å². The van der Waals surface area contributed by atoms with Crippen molar-refractivity contribution in [2.24, 2.45) is 0 Å². The number of halogens is 2. The number of aromatic nitrogens is 2. The van der Waals surface area contributed by atoms with Gasteiger partial charge in [0.25, 0.3) is 0 Å². The smallest absolute Gasteiger partial charge is 0.160 e. The molecule has 0 amide bonds. The second kappa shape index (κ2) is 11.4. The van der Waals surface area contributed by atoms with Crippen LogP contribution < -0.4 is 19.5 Å². The van der Waals surface area contributed by atoms with Crippen LogP contribution in [0.1, 0.15) is 5.56 Å². The molecule has 0 saturated heterocycles. The first-order valence-electron chi connectivity index (χ1n) is 9.73. The summed E-state index contributed by atoms with van der Waals surface area (Å²) >= 11 is 9.63. The Morgan fingerprint density at radius 2 is 1.90 bits per heavy atom. The van der Waals surface area contributed by atoms with E-state index >= 15 is 0 Å². The molecule has 1 atom stereocenters. The number of aromatic amines is 1. The number of ether oxygens (including phenoxy) is 3. The van der Waals surface area contributed by atoms with E-state index < -0.39 is 6.10 Å². The van der Waals surface area contributed by atoms with Gasteiger partial charge in [0, 0.05) is 18.3 Å². The SMILES string of the molecule is COc1ccc(CCNC[C@H](O)COc2ccc(-c3nc(Br)c[nH]3)cc2Cl)cc1OC. The molecule has 0 spiro atoms. The molecule has 31 heavy (non-hydrogen) atoms. The first kappa shape index (κ1) is 23.4. The molecule has 166 valence electrons. The number of benzene rings is 2. The Labute approximate surface area is 194 Å². The molecule has 3 N–H and O–H groups in total. The third-order valence-corrected chi connectivity index (χ3v) is 5.30. The monoisotopic (exact) mass is 509 g/mol. The van der Waals surface area contributed by atoms with Crippen LogP contribution in [-0.4, -0.2) is 55.1 Å². The number of aliphatic hydroxyl groups is 1. The summed E-state index contributed by atoms with van der Waals surface area (Å²) in [6.45, 7) is 1.25. The van der Waals surface area contributed by atoms with E-state index in [4.69, 9.17) is 25.8 Å². The number of hydrogen-bond donors (Lipinski definition) is 3. The maximum atomic E-state index is 10.2. The molecule has 1 heterocycles. The number of methoxy groups -OCH3 is 2. The van der Waals surface area contributed by atoms with Crippen molar-refractivity contribution in [1.82, 2.24) is 15.3 Å². The molecule has 0 unspecified atom stereocenters. The average molecular weight is 511 g/mol. The lowest BCUT2D eigenvalue weighted by molar-refractivity contribution is 0.107. The second-order valence-corrected chi connectivity index (χ2v) is 8.04. The van der Waals surface area contributed by atoms with E-state index in [1.165, 1.54) is 0 Å². The molecule has 0 aliphatic rings. The Kier molecular flexibility index (Phi) is 8.60. The number of imidazole rings is 1. The number of hydrogen-bond acceptors (Lipinski definition) is 6. The van der Waals surface area contributed by atoms with Gasteiger partial charge in [-0.05, 0) is 64.8 Å². The number of nitrogens with zero attached hydrogens (tertiary/aromatic N) is 1. The lowest BCUT2D eigenvalue weighted by atomic mass is 10.1. The normalized spacial score (nSPS) is 11.9. The number of rotatable bonds is 11. The molecule has 2 aromatic carbocycles. The summed E-state index contributed by atoms with van der Waals surface area (Å²) in [4.78, 5) is 7.36. The van der Waals surface area contributed by atoms with Gasteiger partial charge in [-0.2, -0.15) is 0 Å². The molecule has 0 radical (unpaired) electrons. The highest BCUT2D eigenvalue weighted by molar-refractivity contribution is 9.10. The fourth-order valence-electron chi connectivity index (χ4n) is 2.99. The molecule has 0 aliphatic heterocycles. The standard InChI is InChI=1S/C22H25BrClN3O4/c1-29-19-5-3-14(9-20(19)30-2)7-8-25-11-16(28)13-31-18-6-4-15(10-17(18)24)22-26-12-21(23)27-22/h3-6,9-10,12,16,25,28H,7-8,11,13H2,1-2H3,(H,26,27)/t16-/m0/s1. The zero-order valence-corrected chi connectivity index (χ0v) is 19.7. The van der Waals surface area contributed by atoms with E-state index in [1.54, 1.807) is 32.5 Å². The van der Waals surface area contributed by atoms with Crippen molar-refractivity contribution in [3.8, 4) is 28.6 Å². The van der Waals surface area contributed by atoms with Crippen LogP contribution in [0, 0.1) is 0 Å². The van der Waals surface area contributed by atoms with Crippen LogP contribution in [-0.2, 0) is 6.42 Å². The summed E-state index contributed by atoms with van der Waals surface area (Å²) in [6.07, 6.45) is 1.88. The molecular weight excluding hydrogens is 486 g/mol. The van der Waals surface area contributed by atoms with Crippen LogP contribution in [0.4, 0.5) is 0 Å². The van der Waals surface area contributed by atoms with E-state index in [9.17, 15) is 5.11 Å². The third kappa shape index (κ3) is 6.61. The van der Waals surface area contributed by atoms with Crippen LogP contribution in [0.15, 0.2) is 47.2 Å². The topological polar surface area (TPSA) is 88.6 Å². The second-order valence-electron chi connectivity index (χ2n) is 6.83. The van der Waals surface area contributed by atoms with E-state index in [-0.39, 0.29) is 6.61 Å². The van der Waals surface area contributed by atoms with Crippen molar-refractivity contribution < 1.29 is 19.3 Å². The Balaban J connectivity index is 1.42. The molecule has 0 aliphatic carbocycles. The van der Waals surface area contributed by atoms with Gasteiger partial charge in [0.05, 0.1) is 19.2 Å². The predicted molar refractivity (Wildman–Crippen MR) is 124 cm³/mol. The van der Waals surface area contributed by atoms with E-state index in [0.717, 1.165) is 22.2 Å². The van der Waals surface area contributed by atoms with Gasteiger partial charge in [-0.1, -0.05) is 17.7 Å². The van der Waals surface area contributed by atoms with Gasteiger partial charge in [0.2, 0.25) is 0 Å². The van der Waals surface area contributed by atoms with Crippen LogP contribution in [0.5, 0.6) is 17.2 Å². The molecule has 0 bridgehead atoms. The number of nitrogens with one attached hydrogen (secondary N) is 2. The number of aliphatic hydroxyl groups excluding tert-OH is 1. The fraction of sp³-hybridized carbons (Fsp3) is 0.318. The average Bonchev–Trinajstić information content (AvgIpc) is 3.22. The summed E-state index contributed by atoms with van der Waals surface area (Å²) < 4.78 is 17.0. The molecule has 0 fully saturated rings. The van der Waals surface area contributed by atoms with Gasteiger partial charge in [-0.15, -0.1) is 0 Å². The molecule has 0 saturated carbocycles. The lowest BCUT2D eigenvalue weighted by Crippen LogP contribution is -2.32. The highest BCUT2D eigenvalue weighted by atomic mass is 79.9. The van der Waals surface area contributed by atoms with Crippen molar-refractivity contribution in [1.29, 1.82) is 0 Å². The summed E-state index contributed by atoms with van der Waals surface area (Å²) in [5, 5.41) is 13.9. The fourth-order valence-corrected chi connectivity index (χ4v) is 3.52. The first-order valence-corrected chi connectivity index (χ1v) is 10.9.